The second kappa shape index (κ2) is 5.32. The molecule has 21 heavy (non-hydrogen) atoms. The Kier molecular flexibility index (Phi) is 3.32. The van der Waals surface area contributed by atoms with Crippen molar-refractivity contribution in [2.45, 2.75) is 31.8 Å². The number of nitrogens with zero attached hydrogens (tertiary/aromatic N) is 1. The summed E-state index contributed by atoms with van der Waals surface area (Å²) in [5.74, 6) is 0. The monoisotopic (exact) mass is 296 g/mol. The van der Waals surface area contributed by atoms with Crippen LogP contribution in [-0.2, 0) is 20.0 Å². The molecule has 108 valence electrons. The summed E-state index contributed by atoms with van der Waals surface area (Å²) in [7, 11) is 2.13. The summed E-state index contributed by atoms with van der Waals surface area (Å²) >= 11 is 1.91. The van der Waals surface area contributed by atoms with E-state index in [2.05, 4.69) is 58.8 Å². The third-order valence-corrected chi connectivity index (χ3v) is 5.57. The van der Waals surface area contributed by atoms with Gasteiger partial charge in [0.15, 0.2) is 0 Å². The molecule has 2 heterocycles. The van der Waals surface area contributed by atoms with Crippen molar-refractivity contribution in [2.24, 2.45) is 7.05 Å². The van der Waals surface area contributed by atoms with Crippen molar-refractivity contribution < 1.29 is 0 Å². The predicted octanol–water partition coefficient (Wildman–Crippen LogP) is 4.41. The van der Waals surface area contributed by atoms with E-state index < -0.39 is 0 Å². The number of nitrogens with one attached hydrogen (secondary N) is 1. The molecule has 1 aliphatic carbocycles. The van der Waals surface area contributed by atoms with Crippen molar-refractivity contribution >= 4 is 22.2 Å². The van der Waals surface area contributed by atoms with E-state index in [1.807, 2.05) is 11.3 Å². The Hall–Kier alpha value is -1.58. The average molecular weight is 296 g/mol. The van der Waals surface area contributed by atoms with Gasteiger partial charge in [-0.25, -0.2) is 0 Å². The molecular weight excluding hydrogens is 276 g/mol. The lowest BCUT2D eigenvalue weighted by atomic mass is 9.94. The number of aryl methyl sites for hydroxylation is 2. The maximum Gasteiger partial charge on any atom is 0.0481 e. The van der Waals surface area contributed by atoms with Gasteiger partial charge in [0, 0.05) is 41.6 Å². The number of fused-ring (bicyclic) bond motifs is 2. The first kappa shape index (κ1) is 13.1. The van der Waals surface area contributed by atoms with Crippen LogP contribution in [0.1, 0.15) is 34.9 Å². The van der Waals surface area contributed by atoms with Gasteiger partial charge >= 0.3 is 0 Å². The van der Waals surface area contributed by atoms with Crippen LogP contribution in [0.5, 0.6) is 0 Å². The molecule has 0 bridgehead atoms. The molecular formula is C18H20N2S. The number of thiophene rings is 1. The summed E-state index contributed by atoms with van der Waals surface area (Å²) in [6.07, 6.45) is 6.09. The zero-order chi connectivity index (χ0) is 14.2. The molecule has 1 aromatic carbocycles. The highest BCUT2D eigenvalue weighted by Crippen LogP contribution is 2.33. The van der Waals surface area contributed by atoms with Crippen LogP contribution in [0.2, 0.25) is 0 Å². The van der Waals surface area contributed by atoms with Gasteiger partial charge in [0.2, 0.25) is 0 Å². The topological polar surface area (TPSA) is 17.0 Å². The molecule has 1 N–H and O–H groups in total. The van der Waals surface area contributed by atoms with Gasteiger partial charge in [-0.15, -0.1) is 11.3 Å². The van der Waals surface area contributed by atoms with Crippen molar-refractivity contribution in [2.75, 3.05) is 0 Å². The van der Waals surface area contributed by atoms with Crippen LogP contribution in [0, 0.1) is 0 Å². The SMILES string of the molecule is Cn1cc(CNC2CCCc3sccc32)c2ccccc21. The fourth-order valence-corrected chi connectivity index (χ4v) is 4.49. The second-order valence-electron chi connectivity index (χ2n) is 5.91. The normalized spacial score (nSPS) is 18.0. The Morgan fingerprint density at radius 2 is 2.19 bits per heavy atom. The number of hydrogen-bond donors (Lipinski definition) is 1. The van der Waals surface area contributed by atoms with E-state index in [9.17, 15) is 0 Å². The van der Waals surface area contributed by atoms with Gasteiger partial charge in [0.25, 0.3) is 0 Å². The zero-order valence-corrected chi connectivity index (χ0v) is 13.1. The van der Waals surface area contributed by atoms with Crippen LogP contribution in [0.25, 0.3) is 10.9 Å². The third-order valence-electron chi connectivity index (χ3n) is 4.57. The van der Waals surface area contributed by atoms with Gasteiger partial charge in [-0.3, -0.25) is 0 Å². The molecule has 1 unspecified atom stereocenters. The van der Waals surface area contributed by atoms with Crippen molar-refractivity contribution in [3.63, 3.8) is 0 Å². The van der Waals surface area contributed by atoms with E-state index >= 15 is 0 Å². The lowest BCUT2D eigenvalue weighted by Crippen LogP contribution is -2.23. The van der Waals surface area contributed by atoms with Crippen molar-refractivity contribution in [3.8, 4) is 0 Å². The number of benzene rings is 1. The minimum Gasteiger partial charge on any atom is -0.350 e. The van der Waals surface area contributed by atoms with Gasteiger partial charge in [-0.05, 0) is 47.9 Å². The van der Waals surface area contributed by atoms with E-state index in [0.29, 0.717) is 6.04 Å². The Bertz CT molecular complexity index is 768. The number of rotatable bonds is 3. The Morgan fingerprint density at radius 1 is 1.29 bits per heavy atom. The van der Waals surface area contributed by atoms with Crippen molar-refractivity contribution in [1.82, 2.24) is 9.88 Å². The van der Waals surface area contributed by atoms with Crippen LogP contribution in [0.3, 0.4) is 0 Å². The fraction of sp³-hybridized carbons (Fsp3) is 0.333. The summed E-state index contributed by atoms with van der Waals surface area (Å²) in [5, 5.41) is 7.39. The molecule has 3 aromatic rings. The zero-order valence-electron chi connectivity index (χ0n) is 12.3. The highest BCUT2D eigenvalue weighted by molar-refractivity contribution is 7.10. The molecule has 4 rings (SSSR count). The quantitative estimate of drug-likeness (QED) is 0.757. The minimum atomic E-state index is 0.527. The average Bonchev–Trinajstić information content (AvgIpc) is 3.11. The lowest BCUT2D eigenvalue weighted by Gasteiger charge is -2.23. The van der Waals surface area contributed by atoms with Crippen LogP contribution in [0.15, 0.2) is 41.9 Å². The minimum absolute atomic E-state index is 0.527. The Morgan fingerprint density at radius 3 is 3.14 bits per heavy atom. The van der Waals surface area contributed by atoms with Crippen LogP contribution < -0.4 is 5.32 Å². The molecule has 3 heteroatoms. The Balaban J connectivity index is 1.57. The lowest BCUT2D eigenvalue weighted by molar-refractivity contribution is 0.464. The fourth-order valence-electron chi connectivity index (χ4n) is 3.50. The van der Waals surface area contributed by atoms with Gasteiger partial charge in [-0.1, -0.05) is 18.2 Å². The molecule has 0 radical (unpaired) electrons. The van der Waals surface area contributed by atoms with Crippen molar-refractivity contribution in [3.05, 3.63) is 57.9 Å². The molecule has 1 atom stereocenters. The highest BCUT2D eigenvalue weighted by atomic mass is 32.1. The van der Waals surface area contributed by atoms with E-state index in [0.717, 1.165) is 6.54 Å². The molecule has 0 fully saturated rings. The standard InChI is InChI=1S/C18H20N2S/c1-20-12-13(14-5-2-3-7-17(14)20)11-19-16-6-4-8-18-15(16)9-10-21-18/h2-3,5,7,9-10,12,16,19H,4,6,8,11H2,1H3. The van der Waals surface area contributed by atoms with Crippen molar-refractivity contribution in [1.29, 1.82) is 0 Å². The van der Waals surface area contributed by atoms with Gasteiger partial charge < -0.3 is 9.88 Å². The number of hydrogen-bond acceptors (Lipinski definition) is 2. The molecule has 1 aliphatic rings. The first-order valence-corrected chi connectivity index (χ1v) is 8.53. The summed E-state index contributed by atoms with van der Waals surface area (Å²) in [5.41, 5.74) is 4.25. The van der Waals surface area contributed by atoms with Crippen LogP contribution in [-0.4, -0.2) is 4.57 Å². The Labute approximate surface area is 129 Å². The molecule has 2 nitrogen and oxygen atoms in total. The number of aromatic nitrogens is 1. The smallest absolute Gasteiger partial charge is 0.0481 e. The molecule has 0 amide bonds. The van der Waals surface area contributed by atoms with E-state index in [4.69, 9.17) is 0 Å². The first-order chi connectivity index (χ1) is 10.3. The van der Waals surface area contributed by atoms with Gasteiger partial charge in [0.05, 0.1) is 0 Å². The largest absolute Gasteiger partial charge is 0.350 e. The van der Waals surface area contributed by atoms with Gasteiger partial charge in [-0.2, -0.15) is 0 Å². The van der Waals surface area contributed by atoms with Crippen LogP contribution in [0.4, 0.5) is 0 Å². The molecule has 0 aliphatic heterocycles. The van der Waals surface area contributed by atoms with E-state index in [1.54, 1.807) is 4.88 Å². The first-order valence-electron chi connectivity index (χ1n) is 7.65. The van der Waals surface area contributed by atoms with Gasteiger partial charge in [0.1, 0.15) is 0 Å². The molecule has 0 saturated heterocycles. The van der Waals surface area contributed by atoms with Crippen LogP contribution >= 0.6 is 11.3 Å². The maximum absolute atomic E-state index is 3.78. The second-order valence-corrected chi connectivity index (χ2v) is 6.91. The highest BCUT2D eigenvalue weighted by Gasteiger charge is 2.20. The summed E-state index contributed by atoms with van der Waals surface area (Å²) in [4.78, 5) is 1.58. The summed E-state index contributed by atoms with van der Waals surface area (Å²) in [6.45, 7) is 0.946. The molecule has 0 saturated carbocycles. The molecule has 2 aromatic heterocycles. The predicted molar refractivity (Wildman–Crippen MR) is 89.8 cm³/mol. The summed E-state index contributed by atoms with van der Waals surface area (Å²) < 4.78 is 2.23. The number of para-hydroxylation sites is 1. The summed E-state index contributed by atoms with van der Waals surface area (Å²) in [6, 6.07) is 11.5. The maximum atomic E-state index is 3.78. The van der Waals surface area contributed by atoms with E-state index in [1.165, 1.54) is 41.3 Å². The molecule has 0 spiro atoms. The third kappa shape index (κ3) is 2.30. The van der Waals surface area contributed by atoms with E-state index in [-0.39, 0.29) is 0 Å².